The minimum Gasteiger partial charge on any atom is -0.433 e. The Morgan fingerprint density at radius 3 is 1.92 bits per heavy atom. The van der Waals surface area contributed by atoms with Crippen molar-refractivity contribution in [1.29, 1.82) is 0 Å². The van der Waals surface area contributed by atoms with Crippen LogP contribution in [0.3, 0.4) is 0 Å². The maximum Gasteiger partial charge on any atom is 0.394 e. The molecule has 0 N–H and O–H groups in total. The lowest BCUT2D eigenvalue weighted by molar-refractivity contribution is -0.158. The van der Waals surface area contributed by atoms with Crippen LogP contribution in [-0.4, -0.2) is 6.11 Å². The lowest BCUT2D eigenvalue weighted by Crippen LogP contribution is -2.18. The van der Waals surface area contributed by atoms with Gasteiger partial charge < -0.3 is 4.74 Å². The molecule has 0 unspecified atom stereocenters. The highest BCUT2D eigenvalue weighted by Crippen LogP contribution is 2.19. The Morgan fingerprint density at radius 2 is 1.54 bits per heavy atom. The molecule has 1 nitrogen and oxygen atoms in total. The summed E-state index contributed by atoms with van der Waals surface area (Å²) in [6.45, 7) is 4.71. The first-order valence-corrected chi connectivity index (χ1v) is 4.20. The van der Waals surface area contributed by atoms with E-state index in [-0.39, 0.29) is 5.75 Å². The Kier molecular flexibility index (Phi) is 5.04. The van der Waals surface area contributed by atoms with E-state index in [0.717, 1.165) is 0 Å². The number of para-hydroxylation sites is 1. The predicted molar refractivity (Wildman–Crippen MR) is 49.0 cm³/mol. The fourth-order valence-electron chi connectivity index (χ4n) is 0.695. The molecule has 0 fully saturated rings. The van der Waals surface area contributed by atoms with Crippen LogP contribution < -0.4 is 4.74 Å². The van der Waals surface area contributed by atoms with Crippen LogP contribution in [0, 0.1) is 0 Å². The van der Waals surface area contributed by atoms with Gasteiger partial charge in [-0.05, 0) is 12.1 Å². The minimum absolute atomic E-state index is 0.181. The maximum absolute atomic E-state index is 12.2. The highest BCUT2D eigenvalue weighted by Gasteiger charge is 2.22. The number of alkyl halides is 2. The van der Waals surface area contributed by atoms with Gasteiger partial charge in [-0.2, -0.15) is 8.78 Å². The molecule has 1 rings (SSSR count). The smallest absolute Gasteiger partial charge is 0.394 e. The zero-order valence-corrected chi connectivity index (χ0v) is 8.05. The summed E-state index contributed by atoms with van der Waals surface area (Å²) in [5.41, 5.74) is 0. The minimum atomic E-state index is -3.10. The molecule has 0 spiro atoms. The Morgan fingerprint density at radius 1 is 1.08 bits per heavy atom. The number of hydrogen-bond acceptors (Lipinski definition) is 1. The number of hydrogen-bond donors (Lipinski definition) is 0. The van der Waals surface area contributed by atoms with Gasteiger partial charge in [0.15, 0.2) is 0 Å². The standard InChI is InChI=1S/C8H8F2O.C2H6/c1-8(9,10)11-7-5-3-2-4-6-7;1-2/h2-6H,1H3;1-2H3. The molecule has 1 aromatic carbocycles. The third kappa shape index (κ3) is 6.08. The summed E-state index contributed by atoms with van der Waals surface area (Å²) in [6, 6.07) is 7.98. The molecule has 0 heterocycles. The molecule has 0 saturated heterocycles. The number of ether oxygens (including phenoxy) is 1. The molecule has 74 valence electrons. The quantitative estimate of drug-likeness (QED) is 0.687. The molecule has 3 heteroatoms. The van der Waals surface area contributed by atoms with Gasteiger partial charge in [-0.1, -0.05) is 32.0 Å². The lowest BCUT2D eigenvalue weighted by Gasteiger charge is -2.11. The predicted octanol–water partition coefficient (Wildman–Crippen LogP) is 3.70. The van der Waals surface area contributed by atoms with E-state index in [2.05, 4.69) is 4.74 Å². The van der Waals surface area contributed by atoms with Crippen LogP contribution in [0.5, 0.6) is 5.75 Å². The Hall–Kier alpha value is -1.12. The van der Waals surface area contributed by atoms with Crippen molar-refractivity contribution in [3.8, 4) is 5.75 Å². The van der Waals surface area contributed by atoms with E-state index in [1.807, 2.05) is 13.8 Å². The van der Waals surface area contributed by atoms with Crippen molar-refractivity contribution in [2.75, 3.05) is 0 Å². The molecular weight excluding hydrogens is 174 g/mol. The topological polar surface area (TPSA) is 9.23 Å². The third-order valence-electron chi connectivity index (χ3n) is 1.04. The average Bonchev–Trinajstić information content (AvgIpc) is 2.07. The molecule has 0 radical (unpaired) electrons. The van der Waals surface area contributed by atoms with Crippen LogP contribution in [0.2, 0.25) is 0 Å². The Bertz CT molecular complexity index is 216. The van der Waals surface area contributed by atoms with Crippen LogP contribution in [0.25, 0.3) is 0 Å². The molecule has 1 aromatic rings. The molecule has 0 aliphatic carbocycles. The van der Waals surface area contributed by atoms with E-state index < -0.39 is 6.11 Å². The Labute approximate surface area is 77.3 Å². The first-order valence-electron chi connectivity index (χ1n) is 4.20. The molecule has 0 amide bonds. The average molecular weight is 188 g/mol. The van der Waals surface area contributed by atoms with Crippen molar-refractivity contribution < 1.29 is 13.5 Å². The second kappa shape index (κ2) is 5.51. The fraction of sp³-hybridized carbons (Fsp3) is 0.400. The summed E-state index contributed by atoms with van der Waals surface area (Å²) < 4.78 is 28.6. The van der Waals surface area contributed by atoms with Gasteiger partial charge in [-0.3, -0.25) is 0 Å². The lowest BCUT2D eigenvalue weighted by atomic mass is 10.3. The van der Waals surface area contributed by atoms with Gasteiger partial charge in [0.1, 0.15) is 5.75 Å². The van der Waals surface area contributed by atoms with E-state index in [4.69, 9.17) is 0 Å². The van der Waals surface area contributed by atoms with E-state index in [1.54, 1.807) is 18.2 Å². The molecule has 13 heavy (non-hydrogen) atoms. The fourth-order valence-corrected chi connectivity index (χ4v) is 0.695. The van der Waals surface area contributed by atoms with Gasteiger partial charge in [0.2, 0.25) is 0 Å². The highest BCUT2D eigenvalue weighted by atomic mass is 19.3. The van der Waals surface area contributed by atoms with Gasteiger partial charge >= 0.3 is 6.11 Å². The zero-order chi connectivity index (χ0) is 10.3. The summed E-state index contributed by atoms with van der Waals surface area (Å²) in [5.74, 6) is 0.181. The normalized spacial score (nSPS) is 9.92. The summed E-state index contributed by atoms with van der Waals surface area (Å²) >= 11 is 0. The first-order chi connectivity index (χ1) is 6.08. The summed E-state index contributed by atoms with van der Waals surface area (Å²) in [6.07, 6.45) is -3.10. The van der Waals surface area contributed by atoms with Crippen molar-refractivity contribution in [1.82, 2.24) is 0 Å². The number of benzene rings is 1. The zero-order valence-electron chi connectivity index (χ0n) is 8.05. The molecule has 0 bridgehead atoms. The van der Waals surface area contributed by atoms with Gasteiger partial charge in [-0.15, -0.1) is 0 Å². The summed E-state index contributed by atoms with van der Waals surface area (Å²) in [4.78, 5) is 0. The molecule has 0 aliphatic rings. The van der Waals surface area contributed by atoms with Crippen molar-refractivity contribution >= 4 is 0 Å². The molecule has 0 aliphatic heterocycles. The number of rotatable bonds is 2. The van der Waals surface area contributed by atoms with Crippen LogP contribution in [0.4, 0.5) is 8.78 Å². The monoisotopic (exact) mass is 188 g/mol. The molecular formula is C10H14F2O. The first kappa shape index (κ1) is 11.9. The number of halogens is 2. The van der Waals surface area contributed by atoms with Crippen LogP contribution in [0.15, 0.2) is 30.3 Å². The van der Waals surface area contributed by atoms with Crippen LogP contribution in [0.1, 0.15) is 20.8 Å². The van der Waals surface area contributed by atoms with Gasteiger partial charge in [0.25, 0.3) is 0 Å². The van der Waals surface area contributed by atoms with Crippen LogP contribution >= 0.6 is 0 Å². The van der Waals surface area contributed by atoms with Gasteiger partial charge in [0.05, 0.1) is 0 Å². The van der Waals surface area contributed by atoms with E-state index in [0.29, 0.717) is 6.92 Å². The summed E-state index contributed by atoms with van der Waals surface area (Å²) in [5, 5.41) is 0. The molecule has 0 aromatic heterocycles. The summed E-state index contributed by atoms with van der Waals surface area (Å²) in [7, 11) is 0. The second-order valence-electron chi connectivity index (χ2n) is 2.22. The van der Waals surface area contributed by atoms with Crippen molar-refractivity contribution in [2.45, 2.75) is 26.9 Å². The van der Waals surface area contributed by atoms with E-state index in [9.17, 15) is 8.78 Å². The highest BCUT2D eigenvalue weighted by molar-refractivity contribution is 5.21. The molecule has 0 saturated carbocycles. The van der Waals surface area contributed by atoms with Crippen LogP contribution in [-0.2, 0) is 0 Å². The maximum atomic E-state index is 12.2. The van der Waals surface area contributed by atoms with E-state index in [1.165, 1.54) is 12.1 Å². The largest absolute Gasteiger partial charge is 0.433 e. The van der Waals surface area contributed by atoms with Crippen molar-refractivity contribution in [3.63, 3.8) is 0 Å². The van der Waals surface area contributed by atoms with Crippen molar-refractivity contribution in [3.05, 3.63) is 30.3 Å². The second-order valence-corrected chi connectivity index (χ2v) is 2.22. The van der Waals surface area contributed by atoms with Gasteiger partial charge in [-0.25, -0.2) is 0 Å². The third-order valence-corrected chi connectivity index (χ3v) is 1.04. The van der Waals surface area contributed by atoms with Crippen molar-refractivity contribution in [2.24, 2.45) is 0 Å². The van der Waals surface area contributed by atoms with E-state index >= 15 is 0 Å². The molecule has 0 atom stereocenters. The Balaban J connectivity index is 0.000000671. The SMILES string of the molecule is CC.CC(F)(F)Oc1ccccc1. The van der Waals surface area contributed by atoms with Gasteiger partial charge in [0, 0.05) is 6.92 Å².